The molecule has 0 aliphatic heterocycles. The molecule has 0 saturated carbocycles. The standard InChI is InChI=1S/C20H22O5/c1-4-19(21)24-14-8-13-23-17(3)12-11-16(2)20(22)25-15-18-9-6-5-7-10-18/h4-7,9-12H,1-3,8,13-15H2/b12-11-. The minimum absolute atomic E-state index is 0.188. The van der Waals surface area contributed by atoms with Gasteiger partial charge in [-0.25, -0.2) is 9.59 Å². The van der Waals surface area contributed by atoms with Gasteiger partial charge in [0.05, 0.1) is 18.8 Å². The molecular weight excluding hydrogens is 320 g/mol. The average Bonchev–Trinajstić information content (AvgIpc) is 2.64. The third-order valence-corrected chi connectivity index (χ3v) is 2.93. The van der Waals surface area contributed by atoms with Crippen LogP contribution in [0.25, 0.3) is 0 Å². The Labute approximate surface area is 147 Å². The van der Waals surface area contributed by atoms with Gasteiger partial charge in [-0.3, -0.25) is 0 Å². The van der Waals surface area contributed by atoms with Crippen molar-refractivity contribution in [3.8, 4) is 0 Å². The predicted octanol–water partition coefficient (Wildman–Crippen LogP) is 3.49. The van der Waals surface area contributed by atoms with Gasteiger partial charge >= 0.3 is 11.9 Å². The molecule has 132 valence electrons. The van der Waals surface area contributed by atoms with Gasteiger partial charge in [0.15, 0.2) is 0 Å². The molecule has 1 aromatic carbocycles. The Morgan fingerprint density at radius 1 is 0.960 bits per heavy atom. The van der Waals surface area contributed by atoms with Crippen molar-refractivity contribution in [3.63, 3.8) is 0 Å². The van der Waals surface area contributed by atoms with Gasteiger partial charge in [-0.2, -0.15) is 0 Å². The number of hydrogen-bond acceptors (Lipinski definition) is 5. The van der Waals surface area contributed by atoms with Gasteiger partial charge in [0, 0.05) is 12.5 Å². The smallest absolute Gasteiger partial charge is 0.337 e. The second-order valence-corrected chi connectivity index (χ2v) is 4.96. The van der Waals surface area contributed by atoms with Gasteiger partial charge < -0.3 is 14.2 Å². The Balaban J connectivity index is 2.23. The molecule has 0 N–H and O–H groups in total. The quantitative estimate of drug-likeness (QED) is 0.202. The summed E-state index contributed by atoms with van der Waals surface area (Å²) in [5, 5.41) is 0. The summed E-state index contributed by atoms with van der Waals surface area (Å²) >= 11 is 0. The summed E-state index contributed by atoms with van der Waals surface area (Å²) in [5.74, 6) is -0.611. The zero-order valence-electron chi connectivity index (χ0n) is 14.1. The fourth-order valence-corrected chi connectivity index (χ4v) is 1.62. The third-order valence-electron chi connectivity index (χ3n) is 2.93. The van der Waals surface area contributed by atoms with E-state index >= 15 is 0 Å². The number of carbonyl (C=O) groups excluding carboxylic acids is 2. The summed E-state index contributed by atoms with van der Waals surface area (Å²) in [4.78, 5) is 22.7. The van der Waals surface area contributed by atoms with Crippen molar-refractivity contribution < 1.29 is 23.8 Å². The second-order valence-electron chi connectivity index (χ2n) is 4.96. The molecule has 0 aromatic heterocycles. The largest absolute Gasteiger partial charge is 0.494 e. The number of hydrogen-bond donors (Lipinski definition) is 0. The van der Waals surface area contributed by atoms with E-state index in [2.05, 4.69) is 19.7 Å². The maximum absolute atomic E-state index is 11.8. The van der Waals surface area contributed by atoms with Crippen LogP contribution in [0.2, 0.25) is 0 Å². The average molecular weight is 342 g/mol. The van der Waals surface area contributed by atoms with Crippen molar-refractivity contribution in [2.45, 2.75) is 13.0 Å². The lowest BCUT2D eigenvalue weighted by Crippen LogP contribution is -2.06. The fourth-order valence-electron chi connectivity index (χ4n) is 1.62. The summed E-state index contributed by atoms with van der Waals surface area (Å²) in [6.07, 6.45) is 4.63. The van der Waals surface area contributed by atoms with Crippen molar-refractivity contribution >= 4 is 11.9 Å². The highest BCUT2D eigenvalue weighted by Gasteiger charge is 2.06. The molecule has 25 heavy (non-hydrogen) atoms. The first kappa shape index (κ1) is 20.0. The van der Waals surface area contributed by atoms with Crippen LogP contribution in [0.15, 0.2) is 79.6 Å². The zero-order valence-corrected chi connectivity index (χ0v) is 14.1. The highest BCUT2D eigenvalue weighted by molar-refractivity contribution is 5.90. The van der Waals surface area contributed by atoms with E-state index < -0.39 is 11.9 Å². The summed E-state index contributed by atoms with van der Waals surface area (Å²) in [5.41, 5.74) is 1.10. The normalized spacial score (nSPS) is 10.1. The van der Waals surface area contributed by atoms with Crippen molar-refractivity contribution in [1.29, 1.82) is 0 Å². The molecular formula is C20H22O5. The Morgan fingerprint density at radius 2 is 1.64 bits per heavy atom. The molecule has 0 bridgehead atoms. The topological polar surface area (TPSA) is 61.8 Å². The maximum atomic E-state index is 11.8. The number of ether oxygens (including phenoxy) is 3. The molecule has 0 heterocycles. The summed E-state index contributed by atoms with van der Waals surface area (Å²) in [6.45, 7) is 11.4. The molecule has 0 aliphatic rings. The van der Waals surface area contributed by atoms with Crippen LogP contribution >= 0.6 is 0 Å². The molecule has 0 unspecified atom stereocenters. The van der Waals surface area contributed by atoms with E-state index in [1.165, 1.54) is 12.2 Å². The van der Waals surface area contributed by atoms with Crippen LogP contribution in [0.5, 0.6) is 0 Å². The Morgan fingerprint density at radius 3 is 2.32 bits per heavy atom. The van der Waals surface area contributed by atoms with E-state index in [4.69, 9.17) is 14.2 Å². The van der Waals surface area contributed by atoms with Gasteiger partial charge in [0.2, 0.25) is 0 Å². The van der Waals surface area contributed by atoms with Crippen LogP contribution in [0, 0.1) is 0 Å². The lowest BCUT2D eigenvalue weighted by molar-refractivity contribution is -0.140. The molecule has 1 rings (SSSR count). The van der Waals surface area contributed by atoms with Gasteiger partial charge in [0.25, 0.3) is 0 Å². The molecule has 5 nitrogen and oxygen atoms in total. The van der Waals surface area contributed by atoms with Crippen LogP contribution in [-0.4, -0.2) is 25.2 Å². The van der Waals surface area contributed by atoms with Crippen LogP contribution in [0.3, 0.4) is 0 Å². The van der Waals surface area contributed by atoms with Crippen molar-refractivity contribution in [3.05, 3.63) is 85.2 Å². The van der Waals surface area contributed by atoms with E-state index in [9.17, 15) is 9.59 Å². The monoisotopic (exact) mass is 342 g/mol. The minimum atomic E-state index is -0.510. The van der Waals surface area contributed by atoms with E-state index in [0.29, 0.717) is 18.8 Å². The first-order valence-corrected chi connectivity index (χ1v) is 7.72. The van der Waals surface area contributed by atoms with Crippen LogP contribution in [-0.2, 0) is 30.4 Å². The zero-order chi connectivity index (χ0) is 18.5. The maximum Gasteiger partial charge on any atom is 0.337 e. The van der Waals surface area contributed by atoms with Crippen LogP contribution in [0.1, 0.15) is 12.0 Å². The van der Waals surface area contributed by atoms with Gasteiger partial charge in [-0.05, 0) is 17.7 Å². The van der Waals surface area contributed by atoms with Crippen molar-refractivity contribution in [2.75, 3.05) is 13.2 Å². The molecule has 0 saturated heterocycles. The fraction of sp³-hybridized carbons (Fsp3) is 0.200. The van der Waals surface area contributed by atoms with Gasteiger partial charge in [-0.1, -0.05) is 50.1 Å². The lowest BCUT2D eigenvalue weighted by Gasteiger charge is -2.06. The van der Waals surface area contributed by atoms with Crippen LogP contribution in [0.4, 0.5) is 0 Å². The minimum Gasteiger partial charge on any atom is -0.494 e. The molecule has 0 spiro atoms. The van der Waals surface area contributed by atoms with E-state index in [1.54, 1.807) is 0 Å². The molecule has 0 fully saturated rings. The number of rotatable bonds is 11. The highest BCUT2D eigenvalue weighted by Crippen LogP contribution is 2.06. The SMILES string of the molecule is C=CC(=O)OCCCOC(=C)/C=C\C(=C)C(=O)OCc1ccccc1. The van der Waals surface area contributed by atoms with Crippen molar-refractivity contribution in [2.24, 2.45) is 0 Å². The van der Waals surface area contributed by atoms with Gasteiger partial charge in [0.1, 0.15) is 12.4 Å². The Hall–Kier alpha value is -3.08. The lowest BCUT2D eigenvalue weighted by atomic mass is 10.2. The summed E-state index contributed by atoms with van der Waals surface area (Å²) in [6, 6.07) is 9.37. The van der Waals surface area contributed by atoms with Crippen LogP contribution < -0.4 is 0 Å². The number of benzene rings is 1. The number of esters is 2. The molecule has 1 aromatic rings. The van der Waals surface area contributed by atoms with Gasteiger partial charge in [-0.15, -0.1) is 0 Å². The number of allylic oxidation sites excluding steroid dienone is 1. The molecule has 5 heteroatoms. The van der Waals surface area contributed by atoms with E-state index in [1.807, 2.05) is 30.3 Å². The first-order valence-electron chi connectivity index (χ1n) is 7.72. The van der Waals surface area contributed by atoms with E-state index in [-0.39, 0.29) is 18.8 Å². The summed E-state index contributed by atoms with van der Waals surface area (Å²) in [7, 11) is 0. The number of carbonyl (C=O) groups is 2. The second kappa shape index (κ2) is 11.5. The van der Waals surface area contributed by atoms with E-state index in [0.717, 1.165) is 11.6 Å². The molecule has 0 aliphatic carbocycles. The molecule has 0 atom stereocenters. The molecule has 0 radical (unpaired) electrons. The highest BCUT2D eigenvalue weighted by atomic mass is 16.5. The third kappa shape index (κ3) is 8.95. The molecule has 0 amide bonds. The predicted molar refractivity (Wildman–Crippen MR) is 95.4 cm³/mol. The summed E-state index contributed by atoms with van der Waals surface area (Å²) < 4.78 is 15.3. The van der Waals surface area contributed by atoms with Crippen molar-refractivity contribution in [1.82, 2.24) is 0 Å². The Kier molecular flexibility index (Phi) is 9.15. The first-order chi connectivity index (χ1) is 12.0. The Bertz CT molecular complexity index is 643.